The van der Waals surface area contributed by atoms with E-state index in [9.17, 15) is 0 Å². The first kappa shape index (κ1) is 15.5. The van der Waals surface area contributed by atoms with Crippen LogP contribution in [0.4, 0.5) is 0 Å². The number of likely N-dealkylation sites (N-methyl/N-ethyl adjacent to an activating group) is 1. The molecule has 1 atom stereocenters. The van der Waals surface area contributed by atoms with Crippen molar-refractivity contribution < 1.29 is 0 Å². The summed E-state index contributed by atoms with van der Waals surface area (Å²) in [5.41, 5.74) is 2.47. The highest BCUT2D eigenvalue weighted by molar-refractivity contribution is 9.11. The number of thiophene rings is 1. The van der Waals surface area contributed by atoms with Crippen LogP contribution in [0.1, 0.15) is 24.1 Å². The molecule has 0 saturated heterocycles. The molecule has 1 nitrogen and oxygen atoms in total. The second-order valence-corrected chi connectivity index (χ2v) is 7.85. The molecule has 0 bridgehead atoms. The molecule has 0 fully saturated rings. The maximum absolute atomic E-state index is 6.30. The van der Waals surface area contributed by atoms with Crippen molar-refractivity contribution in [3.8, 4) is 0 Å². The molecular formula is C14H14Br2ClNS. The molecule has 1 N–H and O–H groups in total. The third-order valence-electron chi connectivity index (χ3n) is 2.88. The molecule has 0 aliphatic rings. The molecule has 0 aliphatic carbocycles. The summed E-state index contributed by atoms with van der Waals surface area (Å²) in [7, 11) is 0. The second-order valence-electron chi connectivity index (χ2n) is 4.23. The van der Waals surface area contributed by atoms with Crippen LogP contribution < -0.4 is 5.32 Å². The van der Waals surface area contributed by atoms with Crippen molar-refractivity contribution >= 4 is 54.8 Å². The number of halogens is 3. The maximum atomic E-state index is 6.30. The summed E-state index contributed by atoms with van der Waals surface area (Å²) in [6.07, 6.45) is 0.892. The van der Waals surface area contributed by atoms with Gasteiger partial charge in [-0.3, -0.25) is 0 Å². The molecule has 19 heavy (non-hydrogen) atoms. The first-order valence-electron chi connectivity index (χ1n) is 6.01. The lowest BCUT2D eigenvalue weighted by molar-refractivity contribution is 0.551. The number of nitrogens with one attached hydrogen (secondary N) is 1. The van der Waals surface area contributed by atoms with E-state index in [0.29, 0.717) is 6.04 Å². The average Bonchev–Trinajstić information content (AvgIpc) is 2.78. The minimum Gasteiger partial charge on any atom is -0.310 e. The molecule has 2 aromatic rings. The Bertz CT molecular complexity index is 556. The Labute approximate surface area is 139 Å². The standard InChI is InChI=1S/C14H14Br2ClNS/c1-2-18-13(10-6-14(16)19-8-10)5-9-3-4-11(15)7-12(9)17/h3-4,6-8,13,18H,2,5H2,1H3. The molecule has 1 heterocycles. The van der Waals surface area contributed by atoms with Crippen LogP contribution in [0.15, 0.2) is 37.9 Å². The Morgan fingerprint density at radius 2 is 2.11 bits per heavy atom. The van der Waals surface area contributed by atoms with Gasteiger partial charge in [0.25, 0.3) is 0 Å². The minimum atomic E-state index is 0.297. The van der Waals surface area contributed by atoms with Crippen molar-refractivity contribution in [2.45, 2.75) is 19.4 Å². The number of hydrogen-bond donors (Lipinski definition) is 1. The van der Waals surface area contributed by atoms with Crippen LogP contribution in [-0.2, 0) is 6.42 Å². The lowest BCUT2D eigenvalue weighted by Crippen LogP contribution is -2.22. The Balaban J connectivity index is 2.21. The highest BCUT2D eigenvalue weighted by Gasteiger charge is 2.14. The molecule has 1 aromatic heterocycles. The zero-order chi connectivity index (χ0) is 13.8. The van der Waals surface area contributed by atoms with E-state index in [-0.39, 0.29) is 0 Å². The van der Waals surface area contributed by atoms with Gasteiger partial charge >= 0.3 is 0 Å². The topological polar surface area (TPSA) is 12.0 Å². The van der Waals surface area contributed by atoms with Gasteiger partial charge in [0.15, 0.2) is 0 Å². The minimum absolute atomic E-state index is 0.297. The van der Waals surface area contributed by atoms with Crippen LogP contribution in [0.5, 0.6) is 0 Å². The molecule has 0 radical (unpaired) electrons. The zero-order valence-corrected chi connectivity index (χ0v) is 15.2. The summed E-state index contributed by atoms with van der Waals surface area (Å²) in [5.74, 6) is 0. The van der Waals surface area contributed by atoms with Crippen molar-refractivity contribution in [1.82, 2.24) is 5.32 Å². The van der Waals surface area contributed by atoms with Gasteiger partial charge < -0.3 is 5.32 Å². The van der Waals surface area contributed by atoms with Gasteiger partial charge in [-0.2, -0.15) is 0 Å². The smallest absolute Gasteiger partial charge is 0.0701 e. The molecule has 0 saturated carbocycles. The van der Waals surface area contributed by atoms with Crippen molar-refractivity contribution in [3.63, 3.8) is 0 Å². The summed E-state index contributed by atoms with van der Waals surface area (Å²) in [4.78, 5) is 0. The molecule has 2 rings (SSSR count). The Morgan fingerprint density at radius 1 is 1.32 bits per heavy atom. The predicted octanol–water partition coefficient (Wildman–Crippen LogP) is 5.82. The zero-order valence-electron chi connectivity index (χ0n) is 10.4. The van der Waals surface area contributed by atoms with E-state index in [1.807, 2.05) is 12.1 Å². The van der Waals surface area contributed by atoms with Crippen LogP contribution in [0, 0.1) is 0 Å². The SMILES string of the molecule is CCNC(Cc1ccc(Br)cc1Cl)c1csc(Br)c1. The highest BCUT2D eigenvalue weighted by atomic mass is 79.9. The summed E-state index contributed by atoms with van der Waals surface area (Å²) in [5, 5.41) is 6.51. The lowest BCUT2D eigenvalue weighted by atomic mass is 10.0. The van der Waals surface area contributed by atoms with Gasteiger partial charge in [0.05, 0.1) is 3.79 Å². The molecule has 0 amide bonds. The maximum Gasteiger partial charge on any atom is 0.0701 e. The van der Waals surface area contributed by atoms with Crippen LogP contribution >= 0.6 is 54.8 Å². The van der Waals surface area contributed by atoms with Gasteiger partial charge in [0, 0.05) is 15.5 Å². The van der Waals surface area contributed by atoms with Gasteiger partial charge in [-0.25, -0.2) is 0 Å². The number of hydrogen-bond acceptors (Lipinski definition) is 2. The fourth-order valence-corrected chi connectivity index (χ4v) is 3.95. The average molecular weight is 424 g/mol. The molecule has 0 spiro atoms. The third-order valence-corrected chi connectivity index (χ3v) is 5.25. The summed E-state index contributed by atoms with van der Waals surface area (Å²) in [6.45, 7) is 3.06. The number of benzene rings is 1. The van der Waals surface area contributed by atoms with E-state index in [2.05, 4.69) is 61.6 Å². The molecule has 5 heteroatoms. The summed E-state index contributed by atoms with van der Waals surface area (Å²) >= 11 is 15.0. The van der Waals surface area contributed by atoms with Crippen LogP contribution in [0.2, 0.25) is 5.02 Å². The first-order chi connectivity index (χ1) is 9.10. The lowest BCUT2D eigenvalue weighted by Gasteiger charge is -2.17. The van der Waals surface area contributed by atoms with Gasteiger partial charge in [-0.15, -0.1) is 11.3 Å². The van der Waals surface area contributed by atoms with Crippen molar-refractivity contribution in [3.05, 3.63) is 54.1 Å². The largest absolute Gasteiger partial charge is 0.310 e. The van der Waals surface area contributed by atoms with Crippen LogP contribution in [0.25, 0.3) is 0 Å². The summed E-state index contributed by atoms with van der Waals surface area (Å²) < 4.78 is 2.17. The van der Waals surface area contributed by atoms with Crippen molar-refractivity contribution in [2.75, 3.05) is 6.54 Å². The Hall–Kier alpha value is 0.130. The fraction of sp³-hybridized carbons (Fsp3) is 0.286. The normalized spacial score (nSPS) is 12.6. The molecule has 0 aliphatic heterocycles. The van der Waals surface area contributed by atoms with E-state index in [1.165, 1.54) is 5.56 Å². The fourth-order valence-electron chi connectivity index (χ4n) is 1.97. The van der Waals surface area contributed by atoms with E-state index in [1.54, 1.807) is 11.3 Å². The monoisotopic (exact) mass is 421 g/mol. The Kier molecular flexibility index (Phi) is 5.90. The van der Waals surface area contributed by atoms with E-state index >= 15 is 0 Å². The third kappa shape index (κ3) is 4.30. The van der Waals surface area contributed by atoms with E-state index in [0.717, 1.165) is 31.8 Å². The Morgan fingerprint density at radius 3 is 2.68 bits per heavy atom. The first-order valence-corrected chi connectivity index (χ1v) is 8.85. The van der Waals surface area contributed by atoms with E-state index < -0.39 is 0 Å². The van der Waals surface area contributed by atoms with Gasteiger partial charge in [-0.05, 0) is 63.6 Å². The van der Waals surface area contributed by atoms with Crippen LogP contribution in [-0.4, -0.2) is 6.54 Å². The molecular weight excluding hydrogens is 409 g/mol. The molecule has 102 valence electrons. The van der Waals surface area contributed by atoms with Gasteiger partial charge in [-0.1, -0.05) is 40.5 Å². The highest BCUT2D eigenvalue weighted by Crippen LogP contribution is 2.30. The quantitative estimate of drug-likeness (QED) is 0.639. The molecule has 1 unspecified atom stereocenters. The molecule has 1 aromatic carbocycles. The predicted molar refractivity (Wildman–Crippen MR) is 91.3 cm³/mol. The van der Waals surface area contributed by atoms with Crippen molar-refractivity contribution in [2.24, 2.45) is 0 Å². The van der Waals surface area contributed by atoms with Gasteiger partial charge in [0.1, 0.15) is 0 Å². The van der Waals surface area contributed by atoms with Crippen LogP contribution in [0.3, 0.4) is 0 Å². The second kappa shape index (κ2) is 7.23. The number of rotatable bonds is 5. The summed E-state index contributed by atoms with van der Waals surface area (Å²) in [6, 6.07) is 8.53. The van der Waals surface area contributed by atoms with Crippen molar-refractivity contribution in [1.29, 1.82) is 0 Å². The van der Waals surface area contributed by atoms with E-state index in [4.69, 9.17) is 11.6 Å². The van der Waals surface area contributed by atoms with Gasteiger partial charge in [0.2, 0.25) is 0 Å².